The quantitative estimate of drug-likeness (QED) is 0.396. The van der Waals surface area contributed by atoms with Gasteiger partial charge in [-0.15, -0.1) is 0 Å². The van der Waals surface area contributed by atoms with Crippen molar-refractivity contribution in [3.05, 3.63) is 60.2 Å². The molecule has 0 unspecified atom stereocenters. The number of benzene rings is 2. The van der Waals surface area contributed by atoms with E-state index in [-0.39, 0.29) is 5.91 Å². The van der Waals surface area contributed by atoms with Gasteiger partial charge in [0.25, 0.3) is 5.91 Å². The number of hydrogen-bond donors (Lipinski definition) is 0. The maximum absolute atomic E-state index is 13.6. The Morgan fingerprint density at radius 1 is 0.933 bits per heavy atom. The van der Waals surface area contributed by atoms with Crippen LogP contribution in [0.2, 0.25) is 0 Å². The number of pyridine rings is 1. The molecule has 1 heterocycles. The molecule has 0 saturated heterocycles. The van der Waals surface area contributed by atoms with Gasteiger partial charge in [0, 0.05) is 24.0 Å². The van der Waals surface area contributed by atoms with Gasteiger partial charge in [-0.25, -0.2) is 4.98 Å². The van der Waals surface area contributed by atoms with Gasteiger partial charge in [-0.2, -0.15) is 0 Å². The SMILES string of the molecule is CCCCN(CCCC)C(=O)c1cc(-c2ccc(OCC)cc2)nc2ccccc12. The Hall–Kier alpha value is -2.88. The molecule has 0 saturated carbocycles. The zero-order chi connectivity index (χ0) is 21.3. The van der Waals surface area contributed by atoms with E-state index in [1.54, 1.807) is 0 Å². The summed E-state index contributed by atoms with van der Waals surface area (Å²) in [5, 5.41) is 0.912. The van der Waals surface area contributed by atoms with Crippen molar-refractivity contribution in [1.82, 2.24) is 9.88 Å². The summed E-state index contributed by atoms with van der Waals surface area (Å²) in [6.45, 7) is 8.52. The lowest BCUT2D eigenvalue weighted by Gasteiger charge is -2.23. The van der Waals surface area contributed by atoms with Crippen LogP contribution in [0.5, 0.6) is 5.75 Å². The van der Waals surface area contributed by atoms with Crippen molar-refractivity contribution in [2.45, 2.75) is 46.5 Å². The molecule has 2 aromatic carbocycles. The van der Waals surface area contributed by atoms with E-state index in [2.05, 4.69) is 13.8 Å². The Kier molecular flexibility index (Phi) is 7.83. The van der Waals surface area contributed by atoms with Gasteiger partial charge in [-0.05, 0) is 56.2 Å². The van der Waals surface area contributed by atoms with E-state index in [1.165, 1.54) is 0 Å². The fourth-order valence-electron chi connectivity index (χ4n) is 3.57. The third-order valence-electron chi connectivity index (χ3n) is 5.26. The minimum atomic E-state index is 0.0997. The monoisotopic (exact) mass is 404 g/mol. The summed E-state index contributed by atoms with van der Waals surface area (Å²) < 4.78 is 5.55. The van der Waals surface area contributed by atoms with Crippen molar-refractivity contribution in [3.8, 4) is 17.0 Å². The zero-order valence-electron chi connectivity index (χ0n) is 18.4. The Labute approximate surface area is 179 Å². The van der Waals surface area contributed by atoms with E-state index < -0.39 is 0 Å². The molecule has 0 aliphatic rings. The van der Waals surface area contributed by atoms with Gasteiger partial charge >= 0.3 is 0 Å². The van der Waals surface area contributed by atoms with Crippen LogP contribution in [0, 0.1) is 0 Å². The summed E-state index contributed by atoms with van der Waals surface area (Å²) in [6, 6.07) is 17.8. The molecule has 0 aliphatic carbocycles. The van der Waals surface area contributed by atoms with Gasteiger partial charge in [-0.1, -0.05) is 44.9 Å². The van der Waals surface area contributed by atoms with Gasteiger partial charge in [0.05, 0.1) is 23.4 Å². The van der Waals surface area contributed by atoms with Crippen LogP contribution in [0.4, 0.5) is 0 Å². The second kappa shape index (κ2) is 10.8. The van der Waals surface area contributed by atoms with Crippen LogP contribution in [-0.4, -0.2) is 35.5 Å². The largest absolute Gasteiger partial charge is 0.494 e. The normalized spacial score (nSPS) is 10.9. The summed E-state index contributed by atoms with van der Waals surface area (Å²) in [4.78, 5) is 20.4. The molecule has 4 heteroatoms. The van der Waals surface area contributed by atoms with E-state index in [9.17, 15) is 4.79 Å². The molecule has 1 amide bonds. The highest BCUT2D eigenvalue weighted by atomic mass is 16.5. The Morgan fingerprint density at radius 3 is 2.23 bits per heavy atom. The molecule has 0 atom stereocenters. The average Bonchev–Trinajstić information content (AvgIpc) is 2.79. The average molecular weight is 405 g/mol. The lowest BCUT2D eigenvalue weighted by atomic mass is 10.0. The molecular weight excluding hydrogens is 372 g/mol. The molecule has 30 heavy (non-hydrogen) atoms. The summed E-state index contributed by atoms with van der Waals surface area (Å²) in [5.74, 6) is 0.936. The van der Waals surface area contributed by atoms with Crippen LogP contribution >= 0.6 is 0 Å². The third-order valence-corrected chi connectivity index (χ3v) is 5.26. The Morgan fingerprint density at radius 2 is 1.60 bits per heavy atom. The number of fused-ring (bicyclic) bond motifs is 1. The lowest BCUT2D eigenvalue weighted by Crippen LogP contribution is -2.33. The van der Waals surface area contributed by atoms with E-state index in [4.69, 9.17) is 9.72 Å². The molecule has 0 N–H and O–H groups in total. The molecule has 3 aromatic rings. The number of ether oxygens (including phenoxy) is 1. The van der Waals surface area contributed by atoms with Crippen molar-refractivity contribution in [2.75, 3.05) is 19.7 Å². The lowest BCUT2D eigenvalue weighted by molar-refractivity contribution is 0.0753. The second-order valence-electron chi connectivity index (χ2n) is 7.53. The first-order valence-electron chi connectivity index (χ1n) is 11.1. The maximum Gasteiger partial charge on any atom is 0.254 e. The Balaban J connectivity index is 2.02. The highest BCUT2D eigenvalue weighted by Crippen LogP contribution is 2.27. The van der Waals surface area contributed by atoms with E-state index in [1.807, 2.05) is 66.4 Å². The summed E-state index contributed by atoms with van der Waals surface area (Å²) in [6.07, 6.45) is 4.18. The molecule has 3 rings (SSSR count). The number of aromatic nitrogens is 1. The first-order chi connectivity index (χ1) is 14.7. The van der Waals surface area contributed by atoms with Crippen LogP contribution in [-0.2, 0) is 0 Å². The summed E-state index contributed by atoms with van der Waals surface area (Å²) in [5.41, 5.74) is 3.37. The minimum Gasteiger partial charge on any atom is -0.494 e. The number of rotatable bonds is 10. The van der Waals surface area contributed by atoms with Crippen molar-refractivity contribution < 1.29 is 9.53 Å². The fraction of sp³-hybridized carbons (Fsp3) is 0.385. The molecule has 1 aromatic heterocycles. The maximum atomic E-state index is 13.6. The van der Waals surface area contributed by atoms with Crippen molar-refractivity contribution in [3.63, 3.8) is 0 Å². The highest BCUT2D eigenvalue weighted by molar-refractivity contribution is 6.07. The zero-order valence-corrected chi connectivity index (χ0v) is 18.4. The topological polar surface area (TPSA) is 42.4 Å². The van der Waals surface area contributed by atoms with Gasteiger partial charge < -0.3 is 9.64 Å². The highest BCUT2D eigenvalue weighted by Gasteiger charge is 2.19. The van der Waals surface area contributed by atoms with Gasteiger partial charge in [0.1, 0.15) is 5.75 Å². The van der Waals surface area contributed by atoms with Gasteiger partial charge in [0.2, 0.25) is 0 Å². The predicted molar refractivity (Wildman–Crippen MR) is 124 cm³/mol. The van der Waals surface area contributed by atoms with Crippen LogP contribution in [0.15, 0.2) is 54.6 Å². The van der Waals surface area contributed by atoms with E-state index in [0.717, 1.165) is 72.2 Å². The van der Waals surface area contributed by atoms with Crippen molar-refractivity contribution >= 4 is 16.8 Å². The minimum absolute atomic E-state index is 0.0997. The summed E-state index contributed by atoms with van der Waals surface area (Å²) >= 11 is 0. The van der Waals surface area contributed by atoms with Crippen LogP contribution in [0.1, 0.15) is 56.8 Å². The molecule has 0 bridgehead atoms. The number of hydrogen-bond acceptors (Lipinski definition) is 3. The van der Waals surface area contributed by atoms with E-state index in [0.29, 0.717) is 6.61 Å². The number of nitrogens with zero attached hydrogens (tertiary/aromatic N) is 2. The molecular formula is C26H32N2O2. The summed E-state index contributed by atoms with van der Waals surface area (Å²) in [7, 11) is 0. The predicted octanol–water partition coefficient (Wildman–Crippen LogP) is 6.34. The number of carbonyl (C=O) groups is 1. The first kappa shape index (κ1) is 21.8. The molecule has 4 nitrogen and oxygen atoms in total. The number of amides is 1. The number of para-hydroxylation sites is 1. The first-order valence-corrected chi connectivity index (χ1v) is 11.1. The standard InChI is InChI=1S/C26H32N2O2/c1-4-7-17-28(18-8-5-2)26(29)23-19-25(27-24-12-10-9-11-22(23)24)20-13-15-21(16-14-20)30-6-3/h9-16,19H,4-8,17-18H2,1-3H3. The van der Waals surface area contributed by atoms with Crippen LogP contribution in [0.25, 0.3) is 22.2 Å². The van der Waals surface area contributed by atoms with E-state index >= 15 is 0 Å². The number of unbranched alkanes of at least 4 members (excludes halogenated alkanes) is 2. The third kappa shape index (κ3) is 5.18. The smallest absolute Gasteiger partial charge is 0.254 e. The molecule has 0 radical (unpaired) electrons. The molecule has 0 aliphatic heterocycles. The van der Waals surface area contributed by atoms with Gasteiger partial charge in [0.15, 0.2) is 0 Å². The van der Waals surface area contributed by atoms with Crippen LogP contribution < -0.4 is 4.74 Å². The number of carbonyl (C=O) groups excluding carboxylic acids is 1. The fourth-order valence-corrected chi connectivity index (χ4v) is 3.57. The molecule has 0 spiro atoms. The Bertz CT molecular complexity index is 958. The second-order valence-corrected chi connectivity index (χ2v) is 7.53. The van der Waals surface area contributed by atoms with Crippen LogP contribution in [0.3, 0.4) is 0 Å². The molecule has 0 fully saturated rings. The van der Waals surface area contributed by atoms with Gasteiger partial charge in [-0.3, -0.25) is 4.79 Å². The van der Waals surface area contributed by atoms with Crippen molar-refractivity contribution in [1.29, 1.82) is 0 Å². The van der Waals surface area contributed by atoms with Crippen molar-refractivity contribution in [2.24, 2.45) is 0 Å². The molecule has 158 valence electrons.